The number of rotatable bonds is 3. The van der Waals surface area contributed by atoms with Crippen LogP contribution >= 0.6 is 0 Å². The average molecular weight is 275 g/mol. The lowest BCUT2D eigenvalue weighted by molar-refractivity contribution is 0.282. The molecule has 0 aliphatic heterocycles. The fourth-order valence-electron chi connectivity index (χ4n) is 2.93. The van der Waals surface area contributed by atoms with E-state index in [9.17, 15) is 5.11 Å². The maximum Gasteiger partial charge on any atom is 0.0780 e. The molecule has 2 heteroatoms. The number of nitrogens with zero attached hydrogens (tertiary/aromatic N) is 1. The van der Waals surface area contributed by atoms with E-state index in [0.717, 1.165) is 22.6 Å². The van der Waals surface area contributed by atoms with Gasteiger partial charge < -0.3 is 5.11 Å². The third-order valence-electron chi connectivity index (χ3n) is 4.20. The monoisotopic (exact) mass is 275 g/mol. The van der Waals surface area contributed by atoms with Crippen LogP contribution in [0.3, 0.4) is 0 Å². The number of benzene rings is 2. The minimum absolute atomic E-state index is 0.0709. The second-order valence-corrected chi connectivity index (χ2v) is 5.78. The first-order chi connectivity index (χ1) is 10.3. The summed E-state index contributed by atoms with van der Waals surface area (Å²) in [6.45, 7) is 0.0709. The van der Waals surface area contributed by atoms with Gasteiger partial charge in [-0.1, -0.05) is 24.3 Å². The van der Waals surface area contributed by atoms with Crippen LogP contribution in [0, 0.1) is 0 Å². The van der Waals surface area contributed by atoms with Crippen molar-refractivity contribution in [1.82, 2.24) is 4.98 Å². The molecule has 2 nitrogen and oxygen atoms in total. The number of aliphatic hydroxyl groups excluding tert-OH is 1. The van der Waals surface area contributed by atoms with Gasteiger partial charge in [0.05, 0.1) is 12.1 Å². The second kappa shape index (κ2) is 4.97. The molecule has 4 rings (SSSR count). The Kier molecular flexibility index (Phi) is 2.97. The largest absolute Gasteiger partial charge is 0.392 e. The van der Waals surface area contributed by atoms with Crippen molar-refractivity contribution in [3.05, 3.63) is 65.9 Å². The lowest BCUT2D eigenvalue weighted by Crippen LogP contribution is -1.90. The summed E-state index contributed by atoms with van der Waals surface area (Å²) in [5.41, 5.74) is 5.70. The molecule has 1 N–H and O–H groups in total. The van der Waals surface area contributed by atoms with Crippen LogP contribution in [0.1, 0.15) is 29.9 Å². The predicted molar refractivity (Wildman–Crippen MR) is 85.1 cm³/mol. The van der Waals surface area contributed by atoms with E-state index in [1.165, 1.54) is 29.4 Å². The summed E-state index contributed by atoms with van der Waals surface area (Å²) >= 11 is 0. The molecule has 0 bridgehead atoms. The van der Waals surface area contributed by atoms with Gasteiger partial charge in [-0.25, -0.2) is 0 Å². The summed E-state index contributed by atoms with van der Waals surface area (Å²) in [6.07, 6.45) is 4.43. The summed E-state index contributed by atoms with van der Waals surface area (Å²) < 4.78 is 0. The fraction of sp³-hybridized carbons (Fsp3) is 0.211. The summed E-state index contributed by atoms with van der Waals surface area (Å²) in [7, 11) is 0. The van der Waals surface area contributed by atoms with Gasteiger partial charge in [-0.15, -0.1) is 0 Å². The number of hydrogen-bond donors (Lipinski definition) is 1. The van der Waals surface area contributed by atoms with Gasteiger partial charge in [-0.3, -0.25) is 4.98 Å². The Bertz CT molecular complexity index is 806. The van der Waals surface area contributed by atoms with Crippen molar-refractivity contribution in [3.8, 4) is 11.1 Å². The first-order valence-corrected chi connectivity index (χ1v) is 7.44. The summed E-state index contributed by atoms with van der Waals surface area (Å²) in [5, 5.41) is 10.6. The molecular weight excluding hydrogens is 258 g/mol. The maximum atomic E-state index is 9.36. The van der Waals surface area contributed by atoms with Gasteiger partial charge in [0, 0.05) is 17.1 Å². The number of pyridine rings is 1. The Hall–Kier alpha value is -2.19. The molecule has 3 aromatic rings. The second-order valence-electron chi connectivity index (χ2n) is 5.78. The van der Waals surface area contributed by atoms with Gasteiger partial charge in [0.15, 0.2) is 0 Å². The molecule has 0 amide bonds. The van der Waals surface area contributed by atoms with E-state index in [1.54, 1.807) is 0 Å². The predicted octanol–water partition coefficient (Wildman–Crippen LogP) is 4.27. The lowest BCUT2D eigenvalue weighted by Gasteiger charge is -2.10. The molecule has 21 heavy (non-hydrogen) atoms. The van der Waals surface area contributed by atoms with Crippen LogP contribution in [0.5, 0.6) is 0 Å². The Morgan fingerprint density at radius 3 is 2.76 bits per heavy atom. The molecule has 1 aliphatic rings. The normalized spacial score (nSPS) is 14.5. The van der Waals surface area contributed by atoms with Gasteiger partial charge in [0.1, 0.15) is 0 Å². The molecule has 1 saturated carbocycles. The molecule has 1 aromatic heterocycles. The van der Waals surface area contributed by atoms with Gasteiger partial charge in [0.25, 0.3) is 0 Å². The molecule has 1 fully saturated rings. The minimum Gasteiger partial charge on any atom is -0.392 e. The van der Waals surface area contributed by atoms with Crippen LogP contribution in [0.15, 0.2) is 54.7 Å². The first-order valence-electron chi connectivity index (χ1n) is 7.44. The van der Waals surface area contributed by atoms with Crippen LogP contribution in [0.25, 0.3) is 22.0 Å². The molecule has 0 spiro atoms. The van der Waals surface area contributed by atoms with Crippen LogP contribution in [-0.4, -0.2) is 10.1 Å². The molecule has 0 unspecified atom stereocenters. The number of fused-ring (bicyclic) bond motifs is 1. The third-order valence-corrected chi connectivity index (χ3v) is 4.20. The zero-order valence-electron chi connectivity index (χ0n) is 11.8. The smallest absolute Gasteiger partial charge is 0.0780 e. The van der Waals surface area contributed by atoms with Crippen molar-refractivity contribution in [2.45, 2.75) is 25.4 Å². The van der Waals surface area contributed by atoms with Crippen molar-refractivity contribution in [1.29, 1.82) is 0 Å². The summed E-state index contributed by atoms with van der Waals surface area (Å²) in [4.78, 5) is 4.57. The van der Waals surface area contributed by atoms with Crippen LogP contribution in [0.2, 0.25) is 0 Å². The Morgan fingerprint density at radius 1 is 1.05 bits per heavy atom. The lowest BCUT2D eigenvalue weighted by atomic mass is 9.96. The van der Waals surface area contributed by atoms with Crippen LogP contribution in [0.4, 0.5) is 0 Å². The molecule has 1 aliphatic carbocycles. The average Bonchev–Trinajstić information content (AvgIpc) is 3.39. The number of aromatic nitrogens is 1. The van der Waals surface area contributed by atoms with E-state index >= 15 is 0 Å². The third kappa shape index (κ3) is 2.32. The maximum absolute atomic E-state index is 9.36. The highest BCUT2D eigenvalue weighted by atomic mass is 16.3. The Balaban J connectivity index is 1.96. The first kappa shape index (κ1) is 12.5. The number of aliphatic hydroxyl groups is 1. The molecular formula is C19H17NO. The highest BCUT2D eigenvalue weighted by molar-refractivity contribution is 5.94. The number of hydrogen-bond acceptors (Lipinski definition) is 2. The van der Waals surface area contributed by atoms with Gasteiger partial charge in [0.2, 0.25) is 0 Å². The highest BCUT2D eigenvalue weighted by Crippen LogP contribution is 2.43. The van der Waals surface area contributed by atoms with E-state index < -0.39 is 0 Å². The topological polar surface area (TPSA) is 33.1 Å². The van der Waals surface area contributed by atoms with Gasteiger partial charge in [-0.05, 0) is 59.7 Å². The van der Waals surface area contributed by atoms with Crippen molar-refractivity contribution in [2.75, 3.05) is 0 Å². The molecule has 0 radical (unpaired) electrons. The molecule has 0 saturated heterocycles. The summed E-state index contributed by atoms with van der Waals surface area (Å²) in [6, 6.07) is 16.8. The van der Waals surface area contributed by atoms with E-state index in [1.807, 2.05) is 24.4 Å². The van der Waals surface area contributed by atoms with Crippen LogP contribution in [-0.2, 0) is 6.61 Å². The summed E-state index contributed by atoms with van der Waals surface area (Å²) in [5.74, 6) is 0.717. The van der Waals surface area contributed by atoms with Crippen LogP contribution < -0.4 is 0 Å². The fourth-order valence-corrected chi connectivity index (χ4v) is 2.93. The zero-order chi connectivity index (χ0) is 14.2. The van der Waals surface area contributed by atoms with E-state index in [0.29, 0.717) is 0 Å². The standard InChI is InChI=1S/C19H17NO/c21-12-13-3-1-4-15(9-13)18-11-17(14-6-7-14)10-16-5-2-8-20-19(16)18/h1-5,8-11,14,21H,6-7,12H2. The van der Waals surface area contributed by atoms with E-state index in [-0.39, 0.29) is 6.61 Å². The molecule has 0 atom stereocenters. The molecule has 1 heterocycles. The minimum atomic E-state index is 0.0709. The zero-order valence-corrected chi connectivity index (χ0v) is 11.8. The van der Waals surface area contributed by atoms with Crippen molar-refractivity contribution >= 4 is 10.9 Å². The van der Waals surface area contributed by atoms with Crippen molar-refractivity contribution in [2.24, 2.45) is 0 Å². The van der Waals surface area contributed by atoms with Gasteiger partial charge >= 0.3 is 0 Å². The van der Waals surface area contributed by atoms with Gasteiger partial charge in [-0.2, -0.15) is 0 Å². The van der Waals surface area contributed by atoms with Crippen molar-refractivity contribution < 1.29 is 5.11 Å². The SMILES string of the molecule is OCc1cccc(-c2cc(C3CC3)cc3cccnc23)c1. The quantitative estimate of drug-likeness (QED) is 0.774. The molecule has 104 valence electrons. The molecule has 2 aromatic carbocycles. The van der Waals surface area contributed by atoms with E-state index in [2.05, 4.69) is 35.3 Å². The highest BCUT2D eigenvalue weighted by Gasteiger charge is 2.24. The Morgan fingerprint density at radius 2 is 1.95 bits per heavy atom. The Labute approximate surface area is 124 Å². The van der Waals surface area contributed by atoms with Crippen molar-refractivity contribution in [3.63, 3.8) is 0 Å². The van der Waals surface area contributed by atoms with E-state index in [4.69, 9.17) is 0 Å².